The number of methoxy groups -OCH3 is 7. The SMILES string of the molecule is COC[C@H]1O[C@@H](O[C@@H]2COC(O)(COC)[C@@H](OC)[C@@H]2OC)[C@H](OC)[C@@H](OC)[C@H]1OC. The van der Waals surface area contributed by atoms with E-state index in [9.17, 15) is 5.11 Å². The molecule has 30 heavy (non-hydrogen) atoms. The van der Waals surface area contributed by atoms with Crippen LogP contribution in [0, 0.1) is 0 Å². The minimum absolute atomic E-state index is 0.0226. The van der Waals surface area contributed by atoms with Crippen LogP contribution >= 0.6 is 0 Å². The van der Waals surface area contributed by atoms with Gasteiger partial charge in [0, 0.05) is 49.8 Å². The Bertz CT molecular complexity index is 495. The zero-order valence-corrected chi connectivity index (χ0v) is 18.8. The molecule has 0 saturated carbocycles. The molecule has 0 amide bonds. The van der Waals surface area contributed by atoms with Crippen molar-refractivity contribution in [3.8, 4) is 0 Å². The summed E-state index contributed by atoms with van der Waals surface area (Å²) in [6.45, 7) is 0.211. The van der Waals surface area contributed by atoms with Crippen molar-refractivity contribution in [2.75, 3.05) is 69.6 Å². The maximum Gasteiger partial charge on any atom is 0.219 e. The van der Waals surface area contributed by atoms with E-state index >= 15 is 0 Å². The third kappa shape index (κ3) is 5.30. The van der Waals surface area contributed by atoms with Gasteiger partial charge in [-0.1, -0.05) is 0 Å². The molecule has 2 aliphatic rings. The van der Waals surface area contributed by atoms with Crippen LogP contribution in [0.5, 0.6) is 0 Å². The molecule has 11 heteroatoms. The van der Waals surface area contributed by atoms with E-state index in [1.54, 1.807) is 28.4 Å². The van der Waals surface area contributed by atoms with Crippen LogP contribution in [-0.4, -0.2) is 130 Å². The summed E-state index contributed by atoms with van der Waals surface area (Å²) in [5.74, 6) is -1.67. The molecule has 0 radical (unpaired) electrons. The Balaban J connectivity index is 2.23. The first kappa shape index (κ1) is 25.8. The maximum absolute atomic E-state index is 10.8. The zero-order chi connectivity index (χ0) is 22.3. The molecule has 0 aromatic heterocycles. The molecule has 0 bridgehead atoms. The number of hydrogen-bond donors (Lipinski definition) is 1. The number of rotatable bonds is 11. The van der Waals surface area contributed by atoms with E-state index in [4.69, 9.17) is 47.4 Å². The lowest BCUT2D eigenvalue weighted by atomic mass is 9.95. The van der Waals surface area contributed by atoms with E-state index in [0.717, 1.165) is 0 Å². The van der Waals surface area contributed by atoms with Gasteiger partial charge in [0.25, 0.3) is 0 Å². The van der Waals surface area contributed by atoms with E-state index < -0.39 is 54.8 Å². The predicted molar refractivity (Wildman–Crippen MR) is 102 cm³/mol. The third-order valence-electron chi connectivity index (χ3n) is 5.53. The van der Waals surface area contributed by atoms with Gasteiger partial charge in [0.1, 0.15) is 49.3 Å². The average Bonchev–Trinajstić information content (AvgIpc) is 2.74. The first-order valence-corrected chi connectivity index (χ1v) is 9.73. The largest absolute Gasteiger partial charge is 0.382 e. The lowest BCUT2D eigenvalue weighted by molar-refractivity contribution is -0.375. The van der Waals surface area contributed by atoms with Gasteiger partial charge in [-0.2, -0.15) is 0 Å². The molecular weight excluding hydrogens is 404 g/mol. The van der Waals surface area contributed by atoms with Crippen LogP contribution in [0.4, 0.5) is 0 Å². The van der Waals surface area contributed by atoms with Crippen LogP contribution in [0.3, 0.4) is 0 Å². The molecule has 0 spiro atoms. The van der Waals surface area contributed by atoms with Crippen molar-refractivity contribution in [3.63, 3.8) is 0 Å². The molecule has 1 unspecified atom stereocenters. The third-order valence-corrected chi connectivity index (χ3v) is 5.53. The fourth-order valence-electron chi connectivity index (χ4n) is 4.16. The Morgan fingerprint density at radius 3 is 1.93 bits per heavy atom. The zero-order valence-electron chi connectivity index (χ0n) is 18.8. The van der Waals surface area contributed by atoms with Crippen LogP contribution in [-0.2, 0) is 47.4 Å². The molecule has 11 nitrogen and oxygen atoms in total. The molecule has 2 aliphatic heterocycles. The quantitative estimate of drug-likeness (QED) is 0.435. The van der Waals surface area contributed by atoms with Gasteiger partial charge in [0.15, 0.2) is 6.29 Å². The molecule has 2 heterocycles. The summed E-state index contributed by atoms with van der Waals surface area (Å²) in [6, 6.07) is 0. The van der Waals surface area contributed by atoms with E-state index in [0.29, 0.717) is 0 Å². The van der Waals surface area contributed by atoms with Crippen LogP contribution < -0.4 is 0 Å². The van der Waals surface area contributed by atoms with Crippen molar-refractivity contribution in [2.45, 2.75) is 54.8 Å². The first-order chi connectivity index (χ1) is 14.4. The second kappa shape index (κ2) is 12.0. The smallest absolute Gasteiger partial charge is 0.219 e. The molecular formula is C19H36O11. The molecule has 2 rings (SSSR count). The monoisotopic (exact) mass is 440 g/mol. The number of ether oxygens (including phenoxy) is 10. The fourth-order valence-corrected chi connectivity index (χ4v) is 4.16. The highest BCUT2D eigenvalue weighted by Gasteiger charge is 2.54. The topological polar surface area (TPSA) is 113 Å². The number of hydrogen-bond acceptors (Lipinski definition) is 11. The Hall–Kier alpha value is -0.440. The lowest BCUT2D eigenvalue weighted by Crippen LogP contribution is -2.67. The highest BCUT2D eigenvalue weighted by atomic mass is 16.7. The maximum atomic E-state index is 10.8. The van der Waals surface area contributed by atoms with Gasteiger partial charge >= 0.3 is 0 Å². The summed E-state index contributed by atoms with van der Waals surface area (Å²) in [5.41, 5.74) is 0. The van der Waals surface area contributed by atoms with E-state index in [1.165, 1.54) is 21.3 Å². The van der Waals surface area contributed by atoms with Gasteiger partial charge in [0.2, 0.25) is 5.79 Å². The normalized spacial score (nSPS) is 42.4. The summed E-state index contributed by atoms with van der Waals surface area (Å²) >= 11 is 0. The minimum atomic E-state index is -1.67. The van der Waals surface area contributed by atoms with E-state index in [2.05, 4.69) is 0 Å². The average molecular weight is 440 g/mol. The second-order valence-electron chi connectivity index (χ2n) is 7.22. The summed E-state index contributed by atoms with van der Waals surface area (Å²) in [7, 11) is 10.7. The van der Waals surface area contributed by atoms with Gasteiger partial charge in [-0.3, -0.25) is 0 Å². The van der Waals surface area contributed by atoms with Crippen LogP contribution in [0.15, 0.2) is 0 Å². The summed E-state index contributed by atoms with van der Waals surface area (Å²) in [6.07, 6.45) is -4.89. The highest BCUT2D eigenvalue weighted by molar-refractivity contribution is 4.97. The van der Waals surface area contributed by atoms with Crippen molar-refractivity contribution in [2.24, 2.45) is 0 Å². The Morgan fingerprint density at radius 1 is 0.800 bits per heavy atom. The predicted octanol–water partition coefficient (Wildman–Crippen LogP) is -0.817. The fraction of sp³-hybridized carbons (Fsp3) is 1.00. The molecule has 0 aromatic carbocycles. The molecule has 2 fully saturated rings. The van der Waals surface area contributed by atoms with Gasteiger partial charge < -0.3 is 52.5 Å². The van der Waals surface area contributed by atoms with Gasteiger partial charge in [-0.05, 0) is 0 Å². The van der Waals surface area contributed by atoms with Crippen molar-refractivity contribution < 1.29 is 52.5 Å². The second-order valence-corrected chi connectivity index (χ2v) is 7.22. The van der Waals surface area contributed by atoms with Crippen LogP contribution in [0.25, 0.3) is 0 Å². The number of aliphatic hydroxyl groups is 1. The van der Waals surface area contributed by atoms with Crippen LogP contribution in [0.2, 0.25) is 0 Å². The van der Waals surface area contributed by atoms with Gasteiger partial charge in [-0.15, -0.1) is 0 Å². The van der Waals surface area contributed by atoms with Crippen molar-refractivity contribution in [1.29, 1.82) is 0 Å². The van der Waals surface area contributed by atoms with Crippen molar-refractivity contribution in [3.05, 3.63) is 0 Å². The van der Waals surface area contributed by atoms with Crippen molar-refractivity contribution in [1.82, 2.24) is 0 Å². The van der Waals surface area contributed by atoms with Gasteiger partial charge in [-0.25, -0.2) is 0 Å². The highest BCUT2D eigenvalue weighted by Crippen LogP contribution is 2.33. The van der Waals surface area contributed by atoms with Crippen LogP contribution in [0.1, 0.15) is 0 Å². The van der Waals surface area contributed by atoms with Gasteiger partial charge in [0.05, 0.1) is 13.2 Å². The lowest BCUT2D eigenvalue weighted by Gasteiger charge is -2.49. The standard InChI is InChI=1S/C19H36O11/c1-21-8-11-13(23-3)15(25-5)16(26-6)18(29-11)30-12-9-28-19(20,10-22-2)17(27-7)14(12)24-4/h11-18,20H,8-10H2,1-7H3/t11-,12-,13+,14-,15+,16-,17+,18+,19?/m1/s1. The molecule has 2 saturated heterocycles. The van der Waals surface area contributed by atoms with E-state index in [1.807, 2.05) is 0 Å². The summed E-state index contributed by atoms with van der Waals surface area (Å²) < 4.78 is 56.3. The Labute approximate surface area is 177 Å². The van der Waals surface area contributed by atoms with Crippen molar-refractivity contribution >= 4 is 0 Å². The molecule has 0 aliphatic carbocycles. The minimum Gasteiger partial charge on any atom is -0.382 e. The molecule has 178 valence electrons. The molecule has 9 atom stereocenters. The molecule has 0 aromatic rings. The first-order valence-electron chi connectivity index (χ1n) is 9.73. The Morgan fingerprint density at radius 2 is 1.43 bits per heavy atom. The summed E-state index contributed by atoms with van der Waals surface area (Å²) in [5, 5.41) is 10.8. The molecule has 1 N–H and O–H groups in total. The van der Waals surface area contributed by atoms with E-state index in [-0.39, 0.29) is 19.8 Å². The Kier molecular flexibility index (Phi) is 10.3. The summed E-state index contributed by atoms with van der Waals surface area (Å²) in [4.78, 5) is 0.